The molecule has 7 nitrogen and oxygen atoms in total. The molecule has 1 saturated carbocycles. The Labute approximate surface area is 206 Å². The summed E-state index contributed by atoms with van der Waals surface area (Å²) in [6, 6.07) is 6.96. The van der Waals surface area contributed by atoms with Gasteiger partial charge in [0, 0.05) is 44.0 Å². The van der Waals surface area contributed by atoms with Gasteiger partial charge in [0.05, 0.1) is 23.1 Å². The molecular weight excluding hydrogens is 443 g/mol. The average Bonchev–Trinajstić information content (AvgIpc) is 3.55. The Morgan fingerprint density at radius 1 is 1.03 bits per heavy atom. The van der Waals surface area contributed by atoms with Crippen LogP contribution < -0.4 is 0 Å². The molecule has 5 rings (SSSR count). The predicted molar refractivity (Wildman–Crippen MR) is 133 cm³/mol. The first-order valence-corrected chi connectivity index (χ1v) is 12.6. The predicted octanol–water partition coefficient (Wildman–Crippen LogP) is 4.60. The van der Waals surface area contributed by atoms with Crippen molar-refractivity contribution in [2.75, 3.05) is 26.2 Å². The smallest absolute Gasteiger partial charge is 0.257 e. The van der Waals surface area contributed by atoms with Gasteiger partial charge in [-0.25, -0.2) is 19.0 Å². The summed E-state index contributed by atoms with van der Waals surface area (Å²) in [6.07, 6.45) is 8.62. The normalized spacial score (nSPS) is 17.5. The molecule has 184 valence electrons. The molecule has 1 saturated heterocycles. The molecule has 3 heterocycles. The summed E-state index contributed by atoms with van der Waals surface area (Å²) >= 11 is 0. The molecule has 35 heavy (non-hydrogen) atoms. The maximum Gasteiger partial charge on any atom is 0.257 e. The lowest BCUT2D eigenvalue weighted by atomic mass is 10.0. The van der Waals surface area contributed by atoms with Crippen LogP contribution in [0.2, 0.25) is 0 Å². The van der Waals surface area contributed by atoms with Gasteiger partial charge in [0.2, 0.25) is 0 Å². The molecule has 0 N–H and O–H groups in total. The molecule has 3 aromatic rings. The summed E-state index contributed by atoms with van der Waals surface area (Å²) in [5.74, 6) is 0.193. The second-order valence-electron chi connectivity index (χ2n) is 9.98. The zero-order valence-electron chi connectivity index (χ0n) is 20.7. The molecule has 1 aliphatic carbocycles. The lowest BCUT2D eigenvalue weighted by Crippen LogP contribution is -2.51. The van der Waals surface area contributed by atoms with Gasteiger partial charge in [-0.15, -0.1) is 0 Å². The Bertz CT molecular complexity index is 1190. The zero-order chi connectivity index (χ0) is 24.5. The number of benzene rings is 1. The third-order valence-electron chi connectivity index (χ3n) is 7.29. The molecule has 0 unspecified atom stereocenters. The van der Waals surface area contributed by atoms with E-state index in [0.29, 0.717) is 17.6 Å². The van der Waals surface area contributed by atoms with Crippen LogP contribution in [0.5, 0.6) is 0 Å². The maximum atomic E-state index is 13.5. The third kappa shape index (κ3) is 4.72. The molecule has 2 fully saturated rings. The van der Waals surface area contributed by atoms with Gasteiger partial charge < -0.3 is 4.90 Å². The van der Waals surface area contributed by atoms with E-state index in [9.17, 15) is 9.18 Å². The Balaban J connectivity index is 1.41. The molecule has 0 bridgehead atoms. The van der Waals surface area contributed by atoms with Gasteiger partial charge in [0.1, 0.15) is 5.82 Å². The van der Waals surface area contributed by atoms with Gasteiger partial charge in [-0.2, -0.15) is 5.10 Å². The largest absolute Gasteiger partial charge is 0.336 e. The Kier molecular flexibility index (Phi) is 6.65. The van der Waals surface area contributed by atoms with Crippen LogP contribution in [0, 0.1) is 12.7 Å². The van der Waals surface area contributed by atoms with Crippen molar-refractivity contribution >= 4 is 5.91 Å². The van der Waals surface area contributed by atoms with E-state index in [1.54, 1.807) is 29.2 Å². The van der Waals surface area contributed by atoms with Crippen LogP contribution in [0.3, 0.4) is 0 Å². The number of carbonyl (C=O) groups is 1. The highest BCUT2D eigenvalue weighted by molar-refractivity contribution is 5.95. The number of amides is 1. The highest BCUT2D eigenvalue weighted by Gasteiger charge is 2.31. The summed E-state index contributed by atoms with van der Waals surface area (Å²) in [4.78, 5) is 27.3. The van der Waals surface area contributed by atoms with Crippen LogP contribution >= 0.6 is 0 Å². The number of halogens is 1. The maximum absolute atomic E-state index is 13.5. The summed E-state index contributed by atoms with van der Waals surface area (Å²) in [6.45, 7) is 9.39. The summed E-state index contributed by atoms with van der Waals surface area (Å²) in [5, 5.41) is 4.55. The fourth-order valence-corrected chi connectivity index (χ4v) is 5.40. The van der Waals surface area contributed by atoms with Gasteiger partial charge in [-0.3, -0.25) is 9.69 Å². The first kappa shape index (κ1) is 23.6. The van der Waals surface area contributed by atoms with Crippen molar-refractivity contribution in [1.82, 2.24) is 29.5 Å². The van der Waals surface area contributed by atoms with Crippen LogP contribution in [0.15, 0.2) is 36.7 Å². The minimum absolute atomic E-state index is 0.0249. The minimum Gasteiger partial charge on any atom is -0.336 e. The monoisotopic (exact) mass is 476 g/mol. The van der Waals surface area contributed by atoms with E-state index in [4.69, 9.17) is 4.98 Å². The van der Waals surface area contributed by atoms with E-state index in [2.05, 4.69) is 28.8 Å². The zero-order valence-corrected chi connectivity index (χ0v) is 20.7. The van der Waals surface area contributed by atoms with E-state index in [0.717, 1.165) is 48.7 Å². The van der Waals surface area contributed by atoms with E-state index >= 15 is 0 Å². The van der Waals surface area contributed by atoms with Crippen LogP contribution in [-0.4, -0.2) is 67.7 Å². The first-order chi connectivity index (χ1) is 16.9. The van der Waals surface area contributed by atoms with Gasteiger partial charge in [0.25, 0.3) is 11.9 Å². The fourth-order valence-electron chi connectivity index (χ4n) is 5.40. The van der Waals surface area contributed by atoms with E-state index in [1.807, 2.05) is 11.8 Å². The lowest BCUT2D eigenvalue weighted by molar-refractivity contribution is 0.0572. The average molecular weight is 477 g/mol. The number of nitrogens with zero attached hydrogens (tertiary/aromatic N) is 6. The van der Waals surface area contributed by atoms with E-state index < -0.39 is 0 Å². The topological polar surface area (TPSA) is 67.2 Å². The van der Waals surface area contributed by atoms with E-state index in [1.165, 1.54) is 37.8 Å². The van der Waals surface area contributed by atoms with Crippen molar-refractivity contribution in [3.63, 3.8) is 0 Å². The molecule has 8 heteroatoms. The number of aryl methyl sites for hydroxylation is 1. The van der Waals surface area contributed by atoms with Crippen molar-refractivity contribution in [1.29, 1.82) is 0 Å². The number of carbonyl (C=O) groups excluding carboxylic acids is 1. The van der Waals surface area contributed by atoms with Crippen molar-refractivity contribution in [3.05, 3.63) is 59.3 Å². The highest BCUT2D eigenvalue weighted by Crippen LogP contribution is 2.28. The lowest BCUT2D eigenvalue weighted by Gasteiger charge is -2.38. The number of aromatic nitrogens is 4. The summed E-state index contributed by atoms with van der Waals surface area (Å²) in [5.41, 5.74) is 3.83. The first-order valence-electron chi connectivity index (χ1n) is 12.6. The molecule has 2 aliphatic rings. The van der Waals surface area contributed by atoms with Gasteiger partial charge >= 0.3 is 0 Å². The molecule has 0 radical (unpaired) electrons. The van der Waals surface area contributed by atoms with Crippen LogP contribution in [0.1, 0.15) is 67.1 Å². The standard InChI is InChI=1S/C27H33FN6O/c1-18(2)25-23(26(35)33-14-12-32(13-15-33)22-6-4-5-7-22)17-30-34(25)27-29-16-19(3)24(31-27)20-8-10-21(28)11-9-20/h8-11,16-18,22H,4-7,12-15H2,1-3H3. The molecule has 1 aromatic carbocycles. The van der Waals surface area contributed by atoms with E-state index in [-0.39, 0.29) is 17.6 Å². The second kappa shape index (κ2) is 9.85. The number of piperazine rings is 1. The summed E-state index contributed by atoms with van der Waals surface area (Å²) < 4.78 is 15.1. The summed E-state index contributed by atoms with van der Waals surface area (Å²) in [7, 11) is 0. The quantitative estimate of drug-likeness (QED) is 0.538. The second-order valence-corrected chi connectivity index (χ2v) is 9.98. The van der Waals surface area contributed by atoms with Crippen molar-refractivity contribution in [2.24, 2.45) is 0 Å². The van der Waals surface area contributed by atoms with Crippen LogP contribution in [0.25, 0.3) is 17.2 Å². The van der Waals surface area contributed by atoms with Crippen molar-refractivity contribution in [2.45, 2.75) is 58.4 Å². The fraction of sp³-hybridized carbons (Fsp3) is 0.481. The van der Waals surface area contributed by atoms with Crippen LogP contribution in [0.4, 0.5) is 4.39 Å². The van der Waals surface area contributed by atoms with Gasteiger partial charge in [0.15, 0.2) is 0 Å². The molecule has 1 aliphatic heterocycles. The SMILES string of the molecule is Cc1cnc(-n2ncc(C(=O)N3CCN(C4CCCC4)CC3)c2C(C)C)nc1-c1ccc(F)cc1. The number of rotatable bonds is 5. The molecular formula is C27H33FN6O. The number of hydrogen-bond donors (Lipinski definition) is 0. The van der Waals surface area contributed by atoms with Crippen LogP contribution in [-0.2, 0) is 0 Å². The Hall–Kier alpha value is -3.13. The Morgan fingerprint density at radius 2 is 1.71 bits per heavy atom. The molecule has 0 spiro atoms. The van der Waals surface area contributed by atoms with Gasteiger partial charge in [-0.1, -0.05) is 26.7 Å². The molecule has 0 atom stereocenters. The highest BCUT2D eigenvalue weighted by atomic mass is 19.1. The third-order valence-corrected chi connectivity index (χ3v) is 7.29. The molecule has 2 aromatic heterocycles. The van der Waals surface area contributed by atoms with Gasteiger partial charge in [-0.05, 0) is 55.5 Å². The molecule has 1 amide bonds. The van der Waals surface area contributed by atoms with Crippen molar-refractivity contribution < 1.29 is 9.18 Å². The van der Waals surface area contributed by atoms with Crippen molar-refractivity contribution in [3.8, 4) is 17.2 Å². The minimum atomic E-state index is -0.290. The number of hydrogen-bond acceptors (Lipinski definition) is 5. The Morgan fingerprint density at radius 3 is 2.37 bits per heavy atom.